The van der Waals surface area contributed by atoms with Crippen molar-refractivity contribution in [2.24, 2.45) is 0 Å². The Bertz CT molecular complexity index is 759. The lowest BCUT2D eigenvalue weighted by molar-refractivity contribution is 0.201. The molecule has 24 heavy (non-hydrogen) atoms. The lowest BCUT2D eigenvalue weighted by atomic mass is 9.84. The fourth-order valence-electron chi connectivity index (χ4n) is 3.79. The van der Waals surface area contributed by atoms with Crippen LogP contribution in [0.5, 0.6) is 0 Å². The Hall–Kier alpha value is -1.26. The highest BCUT2D eigenvalue weighted by Crippen LogP contribution is 2.41. The molecule has 126 valence electrons. The second-order valence-electron chi connectivity index (χ2n) is 6.56. The molecule has 0 aromatic heterocycles. The standard InChI is InChI=1S/C19H20Cl2N2O/c1-22-10-16(15-8-13(20)9-18(21)17(15)11-22)14-4-2-3-5-19(14)23-6-7-24-12-23/h2-5,8-9,16H,6-7,10-12H2,1H3/t16-/m0/s1. The van der Waals surface area contributed by atoms with Crippen LogP contribution in [0.15, 0.2) is 36.4 Å². The molecule has 0 N–H and O–H groups in total. The first kappa shape index (κ1) is 16.2. The van der Waals surface area contributed by atoms with Gasteiger partial charge in [-0.05, 0) is 41.9 Å². The maximum absolute atomic E-state index is 6.49. The van der Waals surface area contributed by atoms with E-state index >= 15 is 0 Å². The minimum absolute atomic E-state index is 0.256. The number of likely N-dealkylation sites (N-methyl/N-ethyl adjacent to an activating group) is 1. The molecule has 0 aliphatic carbocycles. The van der Waals surface area contributed by atoms with Crippen molar-refractivity contribution in [2.75, 3.05) is 38.4 Å². The van der Waals surface area contributed by atoms with Crippen molar-refractivity contribution in [2.45, 2.75) is 12.5 Å². The predicted octanol–water partition coefficient (Wildman–Crippen LogP) is 4.36. The van der Waals surface area contributed by atoms with E-state index in [1.807, 2.05) is 6.07 Å². The molecule has 2 aliphatic rings. The molecule has 2 aliphatic heterocycles. The second kappa shape index (κ2) is 6.57. The van der Waals surface area contributed by atoms with Crippen molar-refractivity contribution in [3.05, 3.63) is 63.1 Å². The molecular formula is C19H20Cl2N2O. The van der Waals surface area contributed by atoms with Gasteiger partial charge in [-0.15, -0.1) is 0 Å². The maximum Gasteiger partial charge on any atom is 0.119 e. The molecule has 2 heterocycles. The van der Waals surface area contributed by atoms with Crippen molar-refractivity contribution >= 4 is 28.9 Å². The quantitative estimate of drug-likeness (QED) is 0.788. The molecule has 0 radical (unpaired) electrons. The number of para-hydroxylation sites is 1. The van der Waals surface area contributed by atoms with Crippen LogP contribution in [0.3, 0.4) is 0 Å². The van der Waals surface area contributed by atoms with Gasteiger partial charge in [-0.2, -0.15) is 0 Å². The summed E-state index contributed by atoms with van der Waals surface area (Å²) < 4.78 is 5.56. The van der Waals surface area contributed by atoms with Crippen LogP contribution in [0.4, 0.5) is 5.69 Å². The SMILES string of the molecule is CN1Cc2c(Cl)cc(Cl)cc2[C@H](c2ccccc2N2CCOC2)C1. The number of rotatable bonds is 2. The van der Waals surface area contributed by atoms with Gasteiger partial charge < -0.3 is 14.5 Å². The van der Waals surface area contributed by atoms with Gasteiger partial charge in [-0.3, -0.25) is 0 Å². The van der Waals surface area contributed by atoms with Crippen LogP contribution in [0.2, 0.25) is 10.0 Å². The van der Waals surface area contributed by atoms with Crippen molar-refractivity contribution in [1.29, 1.82) is 0 Å². The lowest BCUT2D eigenvalue weighted by Crippen LogP contribution is -2.32. The molecule has 0 amide bonds. The minimum Gasteiger partial charge on any atom is -0.359 e. The average molecular weight is 363 g/mol. The van der Waals surface area contributed by atoms with Crippen LogP contribution >= 0.6 is 23.2 Å². The molecule has 2 aromatic carbocycles. The fourth-order valence-corrected chi connectivity index (χ4v) is 4.35. The van der Waals surface area contributed by atoms with E-state index in [-0.39, 0.29) is 5.92 Å². The third-order valence-electron chi connectivity index (χ3n) is 4.90. The molecule has 2 aromatic rings. The number of nitrogens with zero attached hydrogens (tertiary/aromatic N) is 2. The smallest absolute Gasteiger partial charge is 0.119 e. The number of fused-ring (bicyclic) bond motifs is 1. The van der Waals surface area contributed by atoms with Crippen molar-refractivity contribution < 1.29 is 4.74 Å². The predicted molar refractivity (Wildman–Crippen MR) is 99.2 cm³/mol. The molecule has 3 nitrogen and oxygen atoms in total. The minimum atomic E-state index is 0.256. The van der Waals surface area contributed by atoms with Crippen LogP contribution in [0, 0.1) is 0 Å². The molecule has 1 atom stereocenters. The first-order valence-corrected chi connectivity index (χ1v) is 8.97. The average Bonchev–Trinajstić information content (AvgIpc) is 3.09. The fraction of sp³-hybridized carbons (Fsp3) is 0.368. The Balaban J connectivity index is 1.84. The Morgan fingerprint density at radius 3 is 2.75 bits per heavy atom. The Morgan fingerprint density at radius 2 is 1.96 bits per heavy atom. The van der Waals surface area contributed by atoms with Gasteiger partial charge in [-0.25, -0.2) is 0 Å². The summed E-state index contributed by atoms with van der Waals surface area (Å²) in [6.07, 6.45) is 0. The lowest BCUT2D eigenvalue weighted by Gasteiger charge is -2.35. The number of hydrogen-bond donors (Lipinski definition) is 0. The normalized spacial score (nSPS) is 21.1. The Morgan fingerprint density at radius 1 is 1.12 bits per heavy atom. The van der Waals surface area contributed by atoms with Gasteiger partial charge in [0.15, 0.2) is 0 Å². The zero-order valence-electron chi connectivity index (χ0n) is 13.6. The summed E-state index contributed by atoms with van der Waals surface area (Å²) in [5, 5.41) is 1.46. The van der Waals surface area contributed by atoms with Gasteiger partial charge in [0.05, 0.1) is 6.61 Å². The van der Waals surface area contributed by atoms with E-state index < -0.39 is 0 Å². The number of benzene rings is 2. The van der Waals surface area contributed by atoms with Crippen molar-refractivity contribution in [1.82, 2.24) is 4.90 Å². The zero-order chi connectivity index (χ0) is 16.7. The van der Waals surface area contributed by atoms with Crippen LogP contribution in [0.25, 0.3) is 0 Å². The van der Waals surface area contributed by atoms with Gasteiger partial charge in [0.1, 0.15) is 6.73 Å². The van der Waals surface area contributed by atoms with E-state index in [4.69, 9.17) is 27.9 Å². The molecule has 0 saturated carbocycles. The first-order valence-electron chi connectivity index (χ1n) is 8.21. The molecule has 1 fully saturated rings. The van der Waals surface area contributed by atoms with Gasteiger partial charge in [0, 0.05) is 41.3 Å². The highest BCUT2D eigenvalue weighted by molar-refractivity contribution is 6.35. The van der Waals surface area contributed by atoms with E-state index in [1.165, 1.54) is 22.4 Å². The van der Waals surface area contributed by atoms with E-state index in [1.54, 1.807) is 0 Å². The third kappa shape index (κ3) is 2.91. The molecule has 5 heteroatoms. The van der Waals surface area contributed by atoms with E-state index in [9.17, 15) is 0 Å². The summed E-state index contributed by atoms with van der Waals surface area (Å²) in [7, 11) is 2.14. The van der Waals surface area contributed by atoms with Gasteiger partial charge in [0.25, 0.3) is 0 Å². The monoisotopic (exact) mass is 362 g/mol. The van der Waals surface area contributed by atoms with Gasteiger partial charge in [0.2, 0.25) is 0 Å². The molecular weight excluding hydrogens is 343 g/mol. The number of anilines is 1. The summed E-state index contributed by atoms with van der Waals surface area (Å²) in [4.78, 5) is 4.62. The molecule has 4 rings (SSSR count). The van der Waals surface area contributed by atoms with Crippen molar-refractivity contribution in [3.8, 4) is 0 Å². The van der Waals surface area contributed by atoms with Crippen LogP contribution < -0.4 is 4.90 Å². The van der Waals surface area contributed by atoms with Crippen LogP contribution in [-0.4, -0.2) is 38.4 Å². The summed E-state index contributed by atoms with van der Waals surface area (Å²) >= 11 is 12.8. The largest absolute Gasteiger partial charge is 0.359 e. The molecule has 0 spiro atoms. The first-order chi connectivity index (χ1) is 11.6. The maximum atomic E-state index is 6.49. The van der Waals surface area contributed by atoms with Crippen LogP contribution in [0.1, 0.15) is 22.6 Å². The van der Waals surface area contributed by atoms with E-state index in [0.717, 1.165) is 31.3 Å². The summed E-state index contributed by atoms with van der Waals surface area (Å²) in [6.45, 7) is 4.19. The zero-order valence-corrected chi connectivity index (χ0v) is 15.1. The highest BCUT2D eigenvalue weighted by atomic mass is 35.5. The van der Waals surface area contributed by atoms with E-state index in [0.29, 0.717) is 11.8 Å². The highest BCUT2D eigenvalue weighted by Gasteiger charge is 2.30. The van der Waals surface area contributed by atoms with Crippen LogP contribution in [-0.2, 0) is 11.3 Å². The van der Waals surface area contributed by atoms with E-state index in [2.05, 4.69) is 47.2 Å². The Labute approximate surface area is 152 Å². The van der Waals surface area contributed by atoms with Crippen molar-refractivity contribution in [3.63, 3.8) is 0 Å². The molecule has 0 unspecified atom stereocenters. The summed E-state index contributed by atoms with van der Waals surface area (Å²) in [5.41, 5.74) is 5.00. The second-order valence-corrected chi connectivity index (χ2v) is 7.41. The Kier molecular flexibility index (Phi) is 4.44. The number of hydrogen-bond acceptors (Lipinski definition) is 3. The molecule has 1 saturated heterocycles. The summed E-state index contributed by atoms with van der Waals surface area (Å²) in [5.74, 6) is 0.256. The summed E-state index contributed by atoms with van der Waals surface area (Å²) in [6, 6.07) is 12.5. The number of ether oxygens (including phenoxy) is 1. The molecule has 0 bridgehead atoms. The topological polar surface area (TPSA) is 15.7 Å². The van der Waals surface area contributed by atoms with Gasteiger partial charge in [-0.1, -0.05) is 41.4 Å². The number of halogens is 2. The van der Waals surface area contributed by atoms with Gasteiger partial charge >= 0.3 is 0 Å². The third-order valence-corrected chi connectivity index (χ3v) is 5.45.